The molecule has 1 atom stereocenters. The maximum Gasteiger partial charge on any atom is 0.264 e. The molecule has 0 aliphatic carbocycles. The Balaban J connectivity index is 1.89. The fourth-order valence-corrected chi connectivity index (χ4v) is 5.39. The van der Waals surface area contributed by atoms with E-state index in [2.05, 4.69) is 24.4 Å². The number of benzene rings is 3. The van der Waals surface area contributed by atoms with Crippen molar-refractivity contribution < 1.29 is 17.9 Å². The van der Waals surface area contributed by atoms with Crippen LogP contribution in [0.5, 0.6) is 5.75 Å². The highest BCUT2D eigenvalue weighted by Gasteiger charge is 2.28. The van der Waals surface area contributed by atoms with Crippen LogP contribution in [0.4, 0.5) is 5.69 Å². The molecule has 0 aliphatic rings. The van der Waals surface area contributed by atoms with Crippen molar-refractivity contribution in [3.05, 3.63) is 88.5 Å². The Bertz CT molecular complexity index is 1280. The zero-order chi connectivity index (χ0) is 25.8. The molecule has 1 N–H and O–H groups in total. The van der Waals surface area contributed by atoms with Gasteiger partial charge in [-0.15, -0.1) is 0 Å². The Morgan fingerprint density at radius 3 is 2.11 bits per heavy atom. The summed E-state index contributed by atoms with van der Waals surface area (Å²) in [6.07, 6.45) is 0. The van der Waals surface area contributed by atoms with E-state index in [1.807, 2.05) is 46.8 Å². The molecular weight excluding hydrogens is 460 g/mol. The second-order valence-electron chi connectivity index (χ2n) is 8.83. The molecule has 0 bridgehead atoms. The van der Waals surface area contributed by atoms with E-state index in [1.165, 1.54) is 17.7 Å². The highest BCUT2D eigenvalue weighted by Crippen LogP contribution is 2.26. The molecule has 3 rings (SSSR count). The number of hydrogen-bond donors (Lipinski definition) is 1. The van der Waals surface area contributed by atoms with E-state index in [1.54, 1.807) is 24.3 Å². The van der Waals surface area contributed by atoms with Crippen molar-refractivity contribution >= 4 is 21.6 Å². The Morgan fingerprint density at radius 1 is 0.914 bits per heavy atom. The molecule has 6 nitrogen and oxygen atoms in total. The van der Waals surface area contributed by atoms with E-state index >= 15 is 0 Å². The molecule has 0 saturated heterocycles. The number of rotatable bonds is 9. The first-order chi connectivity index (χ1) is 16.5. The van der Waals surface area contributed by atoms with Gasteiger partial charge in [-0.2, -0.15) is 0 Å². The molecular formula is C28H34N2O4S. The van der Waals surface area contributed by atoms with E-state index in [0.29, 0.717) is 18.0 Å². The minimum atomic E-state index is -4.00. The normalized spacial score (nSPS) is 12.2. The molecule has 0 aliphatic heterocycles. The number of sulfonamides is 1. The number of ether oxygens (including phenoxy) is 1. The number of hydrogen-bond acceptors (Lipinski definition) is 4. The molecule has 1 amide bonds. The molecule has 35 heavy (non-hydrogen) atoms. The van der Waals surface area contributed by atoms with E-state index in [0.717, 1.165) is 26.6 Å². The maximum atomic E-state index is 13.6. The van der Waals surface area contributed by atoms with E-state index in [-0.39, 0.29) is 23.4 Å². The summed E-state index contributed by atoms with van der Waals surface area (Å²) in [5.74, 6) is 0.203. The Labute approximate surface area is 209 Å². The summed E-state index contributed by atoms with van der Waals surface area (Å²) in [5.41, 5.74) is 5.85. The Kier molecular flexibility index (Phi) is 8.22. The summed E-state index contributed by atoms with van der Waals surface area (Å²) in [7, 11) is -4.00. The molecule has 0 radical (unpaired) electrons. The van der Waals surface area contributed by atoms with E-state index < -0.39 is 10.0 Å². The smallest absolute Gasteiger partial charge is 0.264 e. The second kappa shape index (κ2) is 11.0. The van der Waals surface area contributed by atoms with Crippen LogP contribution in [0.25, 0.3) is 0 Å². The lowest BCUT2D eigenvalue weighted by molar-refractivity contribution is -0.120. The lowest BCUT2D eigenvalue weighted by Gasteiger charge is -2.26. The van der Waals surface area contributed by atoms with Gasteiger partial charge >= 0.3 is 0 Å². The standard InChI is InChI=1S/C28H34N2O4S/c1-7-34-25-12-14-26(15-13-25)35(32,33)30(24-10-8-19(2)9-11-24)18-28(31)29-23(6)27-17-21(4)20(3)16-22(27)5/h8-17,23H,7,18H2,1-6H3,(H,29,31). The van der Waals surface area contributed by atoms with Crippen LogP contribution in [0.3, 0.4) is 0 Å². The molecule has 3 aromatic carbocycles. The molecule has 0 spiro atoms. The van der Waals surface area contributed by atoms with Gasteiger partial charge in [0.15, 0.2) is 0 Å². The average Bonchev–Trinajstić information content (AvgIpc) is 2.81. The quantitative estimate of drug-likeness (QED) is 0.433. The van der Waals surface area contributed by atoms with Gasteiger partial charge in [0.1, 0.15) is 12.3 Å². The summed E-state index contributed by atoms with van der Waals surface area (Å²) in [6, 6.07) is 17.2. The van der Waals surface area contributed by atoms with Crippen LogP contribution in [0.15, 0.2) is 65.6 Å². The fourth-order valence-electron chi connectivity index (χ4n) is 3.97. The average molecular weight is 495 g/mol. The van der Waals surface area contributed by atoms with Gasteiger partial charge in [0.05, 0.1) is 23.2 Å². The van der Waals surface area contributed by atoms with Crippen LogP contribution in [-0.4, -0.2) is 27.5 Å². The minimum Gasteiger partial charge on any atom is -0.494 e. The largest absolute Gasteiger partial charge is 0.494 e. The maximum absolute atomic E-state index is 13.6. The first kappa shape index (κ1) is 26.3. The first-order valence-electron chi connectivity index (χ1n) is 11.7. The van der Waals surface area contributed by atoms with Crippen molar-refractivity contribution in [1.82, 2.24) is 5.32 Å². The molecule has 0 fully saturated rings. The number of nitrogens with one attached hydrogen (secondary N) is 1. The summed E-state index contributed by atoms with van der Waals surface area (Å²) >= 11 is 0. The van der Waals surface area contributed by atoms with Gasteiger partial charge in [-0.05, 0) is 100 Å². The van der Waals surface area contributed by atoms with Crippen molar-refractivity contribution in [2.75, 3.05) is 17.5 Å². The predicted octanol–water partition coefficient (Wildman–Crippen LogP) is 5.39. The third kappa shape index (κ3) is 6.22. The van der Waals surface area contributed by atoms with Crippen LogP contribution in [-0.2, 0) is 14.8 Å². The van der Waals surface area contributed by atoms with E-state index in [4.69, 9.17) is 4.74 Å². The minimum absolute atomic E-state index is 0.0902. The number of aryl methyl sites for hydroxylation is 4. The Morgan fingerprint density at radius 2 is 1.51 bits per heavy atom. The van der Waals surface area contributed by atoms with Gasteiger partial charge in [0.2, 0.25) is 5.91 Å². The Hall–Kier alpha value is -3.32. The van der Waals surface area contributed by atoms with Crippen LogP contribution in [0, 0.1) is 27.7 Å². The number of nitrogens with zero attached hydrogens (tertiary/aromatic N) is 1. The van der Waals surface area contributed by atoms with Crippen molar-refractivity contribution in [2.24, 2.45) is 0 Å². The highest BCUT2D eigenvalue weighted by atomic mass is 32.2. The zero-order valence-electron chi connectivity index (χ0n) is 21.3. The van der Waals surface area contributed by atoms with Gasteiger partial charge in [-0.3, -0.25) is 9.10 Å². The van der Waals surface area contributed by atoms with Gasteiger partial charge in [-0.1, -0.05) is 29.8 Å². The van der Waals surface area contributed by atoms with Crippen molar-refractivity contribution in [3.63, 3.8) is 0 Å². The lowest BCUT2D eigenvalue weighted by Crippen LogP contribution is -2.41. The van der Waals surface area contributed by atoms with Crippen LogP contribution in [0.2, 0.25) is 0 Å². The van der Waals surface area contributed by atoms with Gasteiger partial charge in [0, 0.05) is 0 Å². The number of amides is 1. The first-order valence-corrected chi connectivity index (χ1v) is 13.2. The molecule has 0 aromatic heterocycles. The van der Waals surface area contributed by atoms with Gasteiger partial charge in [-0.25, -0.2) is 8.42 Å². The van der Waals surface area contributed by atoms with Crippen molar-refractivity contribution in [2.45, 2.75) is 52.5 Å². The number of carbonyl (C=O) groups is 1. The summed E-state index contributed by atoms with van der Waals surface area (Å²) in [6.45, 7) is 12.0. The van der Waals surface area contributed by atoms with Crippen molar-refractivity contribution in [3.8, 4) is 5.75 Å². The topological polar surface area (TPSA) is 75.7 Å². The van der Waals surface area contributed by atoms with E-state index in [9.17, 15) is 13.2 Å². The molecule has 186 valence electrons. The van der Waals surface area contributed by atoms with Crippen molar-refractivity contribution in [1.29, 1.82) is 0 Å². The van der Waals surface area contributed by atoms with Crippen LogP contribution < -0.4 is 14.4 Å². The number of anilines is 1. The fraction of sp³-hybridized carbons (Fsp3) is 0.321. The zero-order valence-corrected chi connectivity index (χ0v) is 22.1. The van der Waals surface area contributed by atoms with Crippen LogP contribution in [0.1, 0.15) is 47.7 Å². The number of carbonyl (C=O) groups excluding carboxylic acids is 1. The lowest BCUT2D eigenvalue weighted by atomic mass is 9.96. The third-order valence-corrected chi connectivity index (χ3v) is 7.85. The van der Waals surface area contributed by atoms with Gasteiger partial charge < -0.3 is 10.1 Å². The SMILES string of the molecule is CCOc1ccc(S(=O)(=O)N(CC(=O)NC(C)c2cc(C)c(C)cc2C)c2ccc(C)cc2)cc1. The van der Waals surface area contributed by atoms with Gasteiger partial charge in [0.25, 0.3) is 10.0 Å². The summed E-state index contributed by atoms with van der Waals surface area (Å²) in [5, 5.41) is 2.98. The molecule has 7 heteroatoms. The third-order valence-electron chi connectivity index (χ3n) is 6.06. The summed E-state index contributed by atoms with van der Waals surface area (Å²) in [4.78, 5) is 13.2. The highest BCUT2D eigenvalue weighted by molar-refractivity contribution is 7.92. The molecule has 3 aromatic rings. The predicted molar refractivity (Wildman–Crippen MR) is 141 cm³/mol. The molecule has 0 heterocycles. The molecule has 0 saturated carbocycles. The van der Waals surface area contributed by atoms with Crippen LogP contribution >= 0.6 is 0 Å². The monoisotopic (exact) mass is 494 g/mol. The molecule has 1 unspecified atom stereocenters. The summed E-state index contributed by atoms with van der Waals surface area (Å²) < 4.78 is 33.8. The second-order valence-corrected chi connectivity index (χ2v) is 10.7.